The summed E-state index contributed by atoms with van der Waals surface area (Å²) in [6.07, 6.45) is -13.7. The van der Waals surface area contributed by atoms with Crippen LogP contribution in [0.3, 0.4) is 0 Å². The summed E-state index contributed by atoms with van der Waals surface area (Å²) in [6, 6.07) is 22.6. The van der Waals surface area contributed by atoms with Crippen molar-refractivity contribution in [2.75, 3.05) is 6.61 Å². The molecule has 2 heterocycles. The van der Waals surface area contributed by atoms with Crippen molar-refractivity contribution >= 4 is 35.8 Å². The monoisotopic (exact) mass is 853 g/mol. The number of aliphatic hydroxyl groups excluding tert-OH is 3. The van der Waals surface area contributed by atoms with Crippen LogP contribution in [0.2, 0.25) is 0 Å². The van der Waals surface area contributed by atoms with E-state index in [4.69, 9.17) is 28.4 Å². The largest absolute Gasteiger partial charge is 0.509 e. The standard InChI is InChI=1S/C46H47NO15/c1-23-30-32(50)36(52)44(5)28(49)21-29-45(22-57-29,61-24(2)48)35(44)38(59-40(54)27-19-13-8-14-20-27)46(43(30,3)4)37(60-42(56)62-46)34(23)58-41(55)33(51)31(25-15-9-6-10-16-25)47-39(53)26-17-11-7-12-18-26/h6-20,28-29,31-35,37-38,49-51H,21-22H2,1-5H3,(H,47,53)/t28-,29+,31-,32+,33+,34+,35?,37-,38-,44+,45-,46+/m0/s1. The van der Waals surface area contributed by atoms with Crippen molar-refractivity contribution in [3.8, 4) is 0 Å². The first-order valence-corrected chi connectivity index (χ1v) is 20.3. The Hall–Kier alpha value is -5.94. The minimum Gasteiger partial charge on any atom is -0.454 e. The molecule has 326 valence electrons. The molecule has 3 aliphatic carbocycles. The number of ether oxygens (including phenoxy) is 6. The number of esters is 3. The fourth-order valence-electron chi connectivity index (χ4n) is 10.7. The predicted octanol–water partition coefficient (Wildman–Crippen LogP) is 3.32. The average molecular weight is 854 g/mol. The third-order valence-corrected chi connectivity index (χ3v) is 13.7. The van der Waals surface area contributed by atoms with E-state index in [1.807, 2.05) is 0 Å². The molecule has 1 amide bonds. The van der Waals surface area contributed by atoms with Gasteiger partial charge in [0.25, 0.3) is 5.91 Å². The fourth-order valence-corrected chi connectivity index (χ4v) is 10.7. The number of benzene rings is 3. The summed E-state index contributed by atoms with van der Waals surface area (Å²) in [6.45, 7) is 6.67. The van der Waals surface area contributed by atoms with Crippen LogP contribution < -0.4 is 5.32 Å². The Labute approximate surface area is 356 Å². The van der Waals surface area contributed by atoms with Crippen molar-refractivity contribution in [1.29, 1.82) is 0 Å². The minimum atomic E-state index is -2.34. The number of carbonyl (C=O) groups excluding carboxylic acids is 6. The van der Waals surface area contributed by atoms with E-state index < -0.39 is 112 Å². The lowest BCUT2D eigenvalue weighted by molar-refractivity contribution is -0.345. The Bertz CT molecular complexity index is 2330. The SMILES string of the molecule is CC(=O)O[C@@]12CO[C@@H]1C[C@H](O)[C@@]1(C)C(=O)[C@H](O)C3=C(C)[C@@H](OC(=O)[C@H](O)[C@@H](NC(=O)c4ccccc4)c4ccccc4)[C@@H]4OC(=O)O[C@]4([C@@H](OC(=O)c4ccccc4)C12)C3(C)C. The van der Waals surface area contributed by atoms with Crippen molar-refractivity contribution in [2.45, 2.75) is 101 Å². The Balaban J connectivity index is 1.30. The van der Waals surface area contributed by atoms with Gasteiger partial charge in [-0.15, -0.1) is 0 Å². The molecule has 3 aromatic rings. The first-order valence-electron chi connectivity index (χ1n) is 20.3. The summed E-state index contributed by atoms with van der Waals surface area (Å²) >= 11 is 0. The van der Waals surface area contributed by atoms with Gasteiger partial charge in [-0.3, -0.25) is 14.4 Å². The number of hydrogen-bond acceptors (Lipinski definition) is 15. The zero-order valence-corrected chi connectivity index (χ0v) is 34.5. The van der Waals surface area contributed by atoms with Gasteiger partial charge in [-0.2, -0.15) is 0 Å². The molecule has 3 aromatic carbocycles. The normalized spacial score (nSPS) is 33.8. The van der Waals surface area contributed by atoms with Crippen LogP contribution in [0.5, 0.6) is 0 Å². The summed E-state index contributed by atoms with van der Waals surface area (Å²) in [5.74, 6) is -6.27. The molecule has 16 heteroatoms. The van der Waals surface area contributed by atoms with E-state index in [0.29, 0.717) is 5.56 Å². The van der Waals surface area contributed by atoms with Crippen LogP contribution in [-0.2, 0) is 42.8 Å². The molecule has 62 heavy (non-hydrogen) atoms. The van der Waals surface area contributed by atoms with Crippen LogP contribution in [0.25, 0.3) is 0 Å². The maximum absolute atomic E-state index is 15.2. The van der Waals surface area contributed by atoms with Gasteiger partial charge >= 0.3 is 24.1 Å². The molecular formula is C46H47NO15. The number of fused-ring (bicyclic) bond motifs is 4. The number of ketones is 1. The number of amides is 1. The highest BCUT2D eigenvalue weighted by atomic mass is 16.8. The zero-order chi connectivity index (χ0) is 44.5. The van der Waals surface area contributed by atoms with Crippen molar-refractivity contribution < 1.29 is 72.5 Å². The van der Waals surface area contributed by atoms with Gasteiger partial charge in [-0.1, -0.05) is 80.6 Å². The number of Topliss-reactive ketones (excluding diaryl/α,β-unsaturated/α-hetero) is 1. The molecule has 1 spiro atoms. The Morgan fingerprint density at radius 1 is 0.855 bits per heavy atom. The van der Waals surface area contributed by atoms with Crippen molar-refractivity contribution in [3.63, 3.8) is 0 Å². The molecule has 4 fully saturated rings. The third kappa shape index (κ3) is 6.33. The molecule has 16 nitrogen and oxygen atoms in total. The van der Waals surface area contributed by atoms with Crippen molar-refractivity contribution in [3.05, 3.63) is 119 Å². The Morgan fingerprint density at radius 3 is 2.03 bits per heavy atom. The van der Waals surface area contributed by atoms with E-state index >= 15 is 4.79 Å². The van der Waals surface area contributed by atoms with Gasteiger partial charge < -0.3 is 49.1 Å². The molecule has 2 saturated carbocycles. The molecule has 2 saturated heterocycles. The molecule has 4 N–H and O–H groups in total. The number of hydrogen-bond donors (Lipinski definition) is 4. The topological polar surface area (TPSA) is 231 Å². The van der Waals surface area contributed by atoms with Gasteiger partial charge in [0.15, 0.2) is 35.8 Å². The number of carbonyl (C=O) groups is 6. The predicted molar refractivity (Wildman–Crippen MR) is 213 cm³/mol. The quantitative estimate of drug-likeness (QED) is 0.138. The molecule has 12 atom stereocenters. The van der Waals surface area contributed by atoms with E-state index in [1.165, 1.54) is 39.8 Å². The lowest BCUT2D eigenvalue weighted by atomic mass is 9.44. The summed E-state index contributed by atoms with van der Waals surface area (Å²) < 4.78 is 36.7. The molecular weight excluding hydrogens is 806 g/mol. The number of nitrogens with one attached hydrogen (secondary N) is 1. The van der Waals surface area contributed by atoms with Gasteiger partial charge in [0.1, 0.15) is 12.2 Å². The fraction of sp³-hybridized carbons (Fsp3) is 0.435. The second-order valence-electron chi connectivity index (χ2n) is 17.3. The van der Waals surface area contributed by atoms with Gasteiger partial charge in [0.2, 0.25) is 5.60 Å². The summed E-state index contributed by atoms with van der Waals surface area (Å²) in [4.78, 5) is 84.3. The first kappa shape index (κ1) is 42.7. The third-order valence-electron chi connectivity index (χ3n) is 13.7. The molecule has 5 aliphatic rings. The summed E-state index contributed by atoms with van der Waals surface area (Å²) in [5, 5.41) is 38.9. The highest BCUT2D eigenvalue weighted by Gasteiger charge is 2.83. The van der Waals surface area contributed by atoms with Crippen LogP contribution >= 0.6 is 0 Å². The zero-order valence-electron chi connectivity index (χ0n) is 34.5. The van der Waals surface area contributed by atoms with E-state index in [9.17, 15) is 39.3 Å². The molecule has 8 rings (SSSR count). The maximum atomic E-state index is 15.2. The summed E-state index contributed by atoms with van der Waals surface area (Å²) in [5.41, 5.74) is -7.45. The van der Waals surface area contributed by atoms with E-state index in [1.54, 1.807) is 78.9 Å². The minimum absolute atomic E-state index is 0.0277. The number of aliphatic hydroxyl groups is 3. The van der Waals surface area contributed by atoms with E-state index in [0.717, 1.165) is 6.92 Å². The lowest BCUT2D eigenvalue weighted by Crippen LogP contribution is -2.83. The Kier molecular flexibility index (Phi) is 10.6. The van der Waals surface area contributed by atoms with Crippen molar-refractivity contribution in [1.82, 2.24) is 5.32 Å². The second-order valence-corrected chi connectivity index (χ2v) is 17.3. The molecule has 0 aromatic heterocycles. The smallest absolute Gasteiger partial charge is 0.454 e. The Morgan fingerprint density at radius 2 is 1.45 bits per heavy atom. The van der Waals surface area contributed by atoms with Gasteiger partial charge in [0.05, 0.1) is 35.6 Å². The van der Waals surface area contributed by atoms with Crippen LogP contribution in [0.1, 0.15) is 73.4 Å². The van der Waals surface area contributed by atoms with E-state index in [-0.39, 0.29) is 35.3 Å². The van der Waals surface area contributed by atoms with E-state index in [2.05, 4.69) is 5.32 Å². The molecule has 2 aliphatic heterocycles. The van der Waals surface area contributed by atoms with Crippen LogP contribution in [-0.4, -0.2) is 112 Å². The van der Waals surface area contributed by atoms with Crippen LogP contribution in [0, 0.1) is 16.7 Å². The highest BCUT2D eigenvalue weighted by Crippen LogP contribution is 2.66. The highest BCUT2D eigenvalue weighted by molar-refractivity contribution is 5.96. The lowest BCUT2D eigenvalue weighted by Gasteiger charge is -2.67. The summed E-state index contributed by atoms with van der Waals surface area (Å²) in [7, 11) is 0. The molecule has 2 bridgehead atoms. The average Bonchev–Trinajstić information content (AvgIpc) is 3.62. The van der Waals surface area contributed by atoms with Crippen molar-refractivity contribution in [2.24, 2.45) is 16.7 Å². The van der Waals surface area contributed by atoms with Crippen LogP contribution in [0.15, 0.2) is 102 Å². The van der Waals surface area contributed by atoms with Crippen LogP contribution in [0.4, 0.5) is 4.79 Å². The van der Waals surface area contributed by atoms with Gasteiger partial charge in [-0.05, 0) is 54.8 Å². The van der Waals surface area contributed by atoms with Gasteiger partial charge in [-0.25, -0.2) is 14.4 Å². The number of rotatable bonds is 9. The molecule has 1 unspecified atom stereocenters. The molecule has 0 radical (unpaired) electrons. The second kappa shape index (κ2) is 15.4. The first-order chi connectivity index (χ1) is 29.4. The van der Waals surface area contributed by atoms with Gasteiger partial charge in [0, 0.05) is 24.3 Å². The maximum Gasteiger partial charge on any atom is 0.509 e.